The Morgan fingerprint density at radius 1 is 1.43 bits per heavy atom. The summed E-state index contributed by atoms with van der Waals surface area (Å²) in [6.07, 6.45) is 2.97. The van der Waals surface area contributed by atoms with E-state index >= 15 is 0 Å². The van der Waals surface area contributed by atoms with Crippen LogP contribution in [0.5, 0.6) is 0 Å². The Morgan fingerprint density at radius 3 is 2.86 bits per heavy atom. The highest BCUT2D eigenvalue weighted by Crippen LogP contribution is 2.20. The summed E-state index contributed by atoms with van der Waals surface area (Å²) in [5.41, 5.74) is 1.24. The highest BCUT2D eigenvalue weighted by atomic mass is 35.5. The number of rotatable bonds is 1. The quantitative estimate of drug-likeness (QED) is 0.712. The van der Waals surface area contributed by atoms with Crippen LogP contribution in [0, 0.1) is 11.3 Å². The van der Waals surface area contributed by atoms with E-state index in [1.54, 1.807) is 29.2 Å². The lowest BCUT2D eigenvalue weighted by Gasteiger charge is -2.02. The first-order valence-electron chi connectivity index (χ1n) is 3.86. The monoisotopic (exact) mass is 204 g/mol. The van der Waals surface area contributed by atoms with Gasteiger partial charge in [-0.05, 0) is 18.2 Å². The van der Waals surface area contributed by atoms with Crippen molar-refractivity contribution in [2.75, 3.05) is 0 Å². The summed E-state index contributed by atoms with van der Waals surface area (Å²) in [7, 11) is 0. The van der Waals surface area contributed by atoms with E-state index in [0.717, 1.165) is 0 Å². The Balaban J connectivity index is 2.52. The molecule has 14 heavy (non-hydrogen) atoms. The van der Waals surface area contributed by atoms with E-state index in [2.05, 4.69) is 10.1 Å². The summed E-state index contributed by atoms with van der Waals surface area (Å²) in [4.78, 5) is 3.81. The number of halogens is 1. The molecule has 0 radical (unpaired) electrons. The second-order valence-corrected chi connectivity index (χ2v) is 3.03. The average molecular weight is 205 g/mol. The van der Waals surface area contributed by atoms with Gasteiger partial charge in [0, 0.05) is 0 Å². The molecule has 0 aliphatic carbocycles. The van der Waals surface area contributed by atoms with Crippen LogP contribution in [0.15, 0.2) is 30.9 Å². The molecule has 4 nitrogen and oxygen atoms in total. The number of hydrogen-bond acceptors (Lipinski definition) is 3. The zero-order valence-electron chi connectivity index (χ0n) is 7.05. The van der Waals surface area contributed by atoms with Crippen molar-refractivity contribution in [2.45, 2.75) is 0 Å². The van der Waals surface area contributed by atoms with Gasteiger partial charge in [0.2, 0.25) is 0 Å². The van der Waals surface area contributed by atoms with Gasteiger partial charge >= 0.3 is 0 Å². The molecule has 0 amide bonds. The Labute approximate surface area is 85.4 Å². The van der Waals surface area contributed by atoms with Crippen molar-refractivity contribution >= 4 is 11.6 Å². The van der Waals surface area contributed by atoms with Crippen LogP contribution in [-0.4, -0.2) is 14.8 Å². The molecule has 0 aliphatic heterocycles. The first-order chi connectivity index (χ1) is 6.81. The molecule has 0 bridgehead atoms. The van der Waals surface area contributed by atoms with Gasteiger partial charge in [0.25, 0.3) is 0 Å². The summed E-state index contributed by atoms with van der Waals surface area (Å²) in [5.74, 6) is 0. The van der Waals surface area contributed by atoms with Crippen LogP contribution >= 0.6 is 11.6 Å². The van der Waals surface area contributed by atoms with E-state index in [1.165, 1.54) is 6.33 Å². The maximum Gasteiger partial charge on any atom is 0.138 e. The molecule has 0 unspecified atom stereocenters. The highest BCUT2D eigenvalue weighted by Gasteiger charge is 2.03. The first-order valence-corrected chi connectivity index (χ1v) is 4.23. The minimum atomic E-state index is 0.481. The SMILES string of the molecule is N#Cc1ccc(-n2cncn2)c(Cl)c1. The minimum absolute atomic E-state index is 0.481. The summed E-state index contributed by atoms with van der Waals surface area (Å²) >= 11 is 5.96. The van der Waals surface area contributed by atoms with Gasteiger partial charge in [-0.25, -0.2) is 9.67 Å². The Morgan fingerprint density at radius 2 is 2.29 bits per heavy atom. The van der Waals surface area contributed by atoms with Crippen molar-refractivity contribution in [2.24, 2.45) is 0 Å². The van der Waals surface area contributed by atoms with Crippen LogP contribution in [0.1, 0.15) is 5.56 Å². The van der Waals surface area contributed by atoms with Crippen molar-refractivity contribution in [3.63, 3.8) is 0 Å². The maximum absolute atomic E-state index is 8.64. The zero-order chi connectivity index (χ0) is 9.97. The lowest BCUT2D eigenvalue weighted by Crippen LogP contribution is -1.95. The van der Waals surface area contributed by atoms with Crippen molar-refractivity contribution in [1.29, 1.82) is 5.26 Å². The summed E-state index contributed by atoms with van der Waals surface area (Å²) in [6, 6.07) is 7.02. The number of nitriles is 1. The molecule has 0 spiro atoms. The fourth-order valence-corrected chi connectivity index (χ4v) is 1.36. The molecule has 0 aliphatic rings. The molecule has 1 aromatic heterocycles. The maximum atomic E-state index is 8.64. The van der Waals surface area contributed by atoms with Gasteiger partial charge < -0.3 is 0 Å². The first kappa shape index (κ1) is 8.73. The second kappa shape index (κ2) is 3.48. The molecule has 2 rings (SSSR count). The molecule has 68 valence electrons. The summed E-state index contributed by atoms with van der Waals surface area (Å²) in [6.45, 7) is 0. The van der Waals surface area contributed by atoms with Crippen LogP contribution < -0.4 is 0 Å². The van der Waals surface area contributed by atoms with Crippen LogP contribution in [0.25, 0.3) is 5.69 Å². The molecular weight excluding hydrogens is 200 g/mol. The van der Waals surface area contributed by atoms with E-state index < -0.39 is 0 Å². The standard InChI is InChI=1S/C9H5ClN4/c10-8-3-7(4-11)1-2-9(8)14-6-12-5-13-14/h1-3,5-6H. The average Bonchev–Trinajstić information content (AvgIpc) is 2.70. The van der Waals surface area contributed by atoms with Crippen molar-refractivity contribution in [1.82, 2.24) is 14.8 Å². The molecule has 5 heteroatoms. The molecule has 0 fully saturated rings. The molecule has 0 N–H and O–H groups in total. The third-order valence-electron chi connectivity index (χ3n) is 1.74. The van der Waals surface area contributed by atoms with Crippen LogP contribution in [0.2, 0.25) is 5.02 Å². The lowest BCUT2D eigenvalue weighted by molar-refractivity contribution is 0.879. The fraction of sp³-hybridized carbons (Fsp3) is 0. The molecular formula is C9H5ClN4. The van der Waals surface area contributed by atoms with Gasteiger partial charge in [-0.15, -0.1) is 0 Å². The predicted molar refractivity (Wildman–Crippen MR) is 51.1 cm³/mol. The number of benzene rings is 1. The lowest BCUT2D eigenvalue weighted by atomic mass is 10.2. The molecule has 1 heterocycles. The number of aromatic nitrogens is 3. The zero-order valence-corrected chi connectivity index (χ0v) is 7.81. The van der Waals surface area contributed by atoms with Crippen molar-refractivity contribution in [3.05, 3.63) is 41.4 Å². The van der Waals surface area contributed by atoms with Gasteiger partial charge in [0.05, 0.1) is 22.3 Å². The largest absolute Gasteiger partial charge is 0.223 e. The van der Waals surface area contributed by atoms with Crippen molar-refractivity contribution in [3.8, 4) is 11.8 Å². The third-order valence-corrected chi connectivity index (χ3v) is 2.05. The summed E-state index contributed by atoms with van der Waals surface area (Å²) in [5, 5.41) is 13.1. The molecule has 0 saturated carbocycles. The summed E-state index contributed by atoms with van der Waals surface area (Å²) < 4.78 is 1.55. The Kier molecular flexibility index (Phi) is 2.17. The van der Waals surface area contributed by atoms with Crippen molar-refractivity contribution < 1.29 is 0 Å². The van der Waals surface area contributed by atoms with Gasteiger partial charge in [0.1, 0.15) is 12.7 Å². The van der Waals surface area contributed by atoms with E-state index in [1.807, 2.05) is 6.07 Å². The molecule has 1 aromatic carbocycles. The number of nitrogens with zero attached hydrogens (tertiary/aromatic N) is 4. The van der Waals surface area contributed by atoms with E-state index in [9.17, 15) is 0 Å². The third kappa shape index (κ3) is 1.45. The van der Waals surface area contributed by atoms with Crippen LogP contribution in [0.3, 0.4) is 0 Å². The van der Waals surface area contributed by atoms with Crippen LogP contribution in [0.4, 0.5) is 0 Å². The van der Waals surface area contributed by atoms with Gasteiger partial charge in [-0.3, -0.25) is 0 Å². The predicted octanol–water partition coefficient (Wildman–Crippen LogP) is 1.79. The van der Waals surface area contributed by atoms with Gasteiger partial charge in [0.15, 0.2) is 0 Å². The fourth-order valence-electron chi connectivity index (χ4n) is 1.09. The highest BCUT2D eigenvalue weighted by molar-refractivity contribution is 6.32. The molecule has 2 aromatic rings. The van der Waals surface area contributed by atoms with E-state index in [0.29, 0.717) is 16.3 Å². The van der Waals surface area contributed by atoms with Gasteiger partial charge in [-0.2, -0.15) is 10.4 Å². The van der Waals surface area contributed by atoms with Gasteiger partial charge in [-0.1, -0.05) is 11.6 Å². The number of hydrogen-bond donors (Lipinski definition) is 0. The Bertz CT molecular complexity index is 484. The topological polar surface area (TPSA) is 54.5 Å². The minimum Gasteiger partial charge on any atom is -0.223 e. The van der Waals surface area contributed by atoms with Crippen LogP contribution in [-0.2, 0) is 0 Å². The normalized spacial score (nSPS) is 9.71. The molecule has 0 saturated heterocycles. The smallest absolute Gasteiger partial charge is 0.138 e. The van der Waals surface area contributed by atoms with E-state index in [-0.39, 0.29) is 0 Å². The molecule has 0 atom stereocenters. The second-order valence-electron chi connectivity index (χ2n) is 2.62. The Hall–Kier alpha value is -1.86. The van der Waals surface area contributed by atoms with E-state index in [4.69, 9.17) is 16.9 Å².